The van der Waals surface area contributed by atoms with Crippen LogP contribution in [-0.4, -0.2) is 60.5 Å². The van der Waals surface area contributed by atoms with Crippen molar-refractivity contribution in [2.75, 3.05) is 39.8 Å². The van der Waals surface area contributed by atoms with Crippen LogP contribution in [0.4, 0.5) is 0 Å². The molecule has 0 atom stereocenters. The van der Waals surface area contributed by atoms with Gasteiger partial charge in [0.15, 0.2) is 0 Å². The maximum atomic E-state index is 12.2. The van der Waals surface area contributed by atoms with Crippen LogP contribution < -0.4 is 5.32 Å². The van der Waals surface area contributed by atoms with Crippen molar-refractivity contribution in [3.05, 3.63) is 42.1 Å². The SMILES string of the molecule is CN(CC(=O)N1CCNCC1)Cc1ccc2ccccc2n1.Cl.Cl. The highest BCUT2D eigenvalue weighted by Gasteiger charge is 2.17. The van der Waals surface area contributed by atoms with Crippen LogP contribution in [0.2, 0.25) is 0 Å². The highest BCUT2D eigenvalue weighted by molar-refractivity contribution is 5.85. The van der Waals surface area contributed by atoms with E-state index in [9.17, 15) is 4.79 Å². The monoisotopic (exact) mass is 370 g/mol. The number of aromatic nitrogens is 1. The van der Waals surface area contributed by atoms with Crippen LogP contribution in [0.1, 0.15) is 5.69 Å². The molecule has 0 radical (unpaired) electrons. The molecule has 1 aliphatic rings. The zero-order chi connectivity index (χ0) is 15.4. The van der Waals surface area contributed by atoms with Crippen molar-refractivity contribution in [2.45, 2.75) is 6.54 Å². The van der Waals surface area contributed by atoms with E-state index in [1.54, 1.807) is 0 Å². The fraction of sp³-hybridized carbons (Fsp3) is 0.412. The minimum absolute atomic E-state index is 0. The summed E-state index contributed by atoms with van der Waals surface area (Å²) in [4.78, 5) is 20.9. The number of benzene rings is 1. The molecule has 0 unspecified atom stereocenters. The van der Waals surface area contributed by atoms with Crippen molar-refractivity contribution in [3.63, 3.8) is 0 Å². The molecule has 1 aliphatic heterocycles. The van der Waals surface area contributed by atoms with Gasteiger partial charge in [0.2, 0.25) is 5.91 Å². The summed E-state index contributed by atoms with van der Waals surface area (Å²) in [5.41, 5.74) is 2.00. The Morgan fingerprint density at radius 1 is 1.17 bits per heavy atom. The van der Waals surface area contributed by atoms with Gasteiger partial charge in [0.25, 0.3) is 0 Å². The molecule has 2 heterocycles. The van der Waals surface area contributed by atoms with Gasteiger partial charge in [-0.2, -0.15) is 0 Å². The van der Waals surface area contributed by atoms with Crippen molar-refractivity contribution in [2.24, 2.45) is 0 Å². The third kappa shape index (κ3) is 5.31. The molecular formula is C17H24Cl2N4O. The van der Waals surface area contributed by atoms with E-state index in [0.29, 0.717) is 13.1 Å². The van der Waals surface area contributed by atoms with E-state index in [1.807, 2.05) is 41.1 Å². The zero-order valence-electron chi connectivity index (χ0n) is 13.8. The van der Waals surface area contributed by atoms with Crippen LogP contribution in [0.5, 0.6) is 0 Å². The number of carbonyl (C=O) groups is 1. The Bertz CT molecular complexity index is 662. The summed E-state index contributed by atoms with van der Waals surface area (Å²) < 4.78 is 0. The molecule has 7 heteroatoms. The molecule has 0 aliphatic carbocycles. The largest absolute Gasteiger partial charge is 0.339 e. The van der Waals surface area contributed by atoms with E-state index < -0.39 is 0 Å². The number of piperazine rings is 1. The van der Waals surface area contributed by atoms with Crippen LogP contribution in [0.15, 0.2) is 36.4 Å². The fourth-order valence-corrected chi connectivity index (χ4v) is 2.77. The molecule has 1 saturated heterocycles. The van der Waals surface area contributed by atoms with Gasteiger partial charge < -0.3 is 10.2 Å². The molecule has 132 valence electrons. The molecule has 24 heavy (non-hydrogen) atoms. The number of nitrogens with zero attached hydrogens (tertiary/aromatic N) is 3. The Hall–Kier alpha value is -1.40. The standard InChI is InChI=1S/C17H22N4O.2ClH/c1-20(13-17(22)21-10-8-18-9-11-21)12-15-7-6-14-4-2-3-5-16(14)19-15;;/h2-7,18H,8-13H2,1H3;2*1H. The van der Waals surface area contributed by atoms with Crippen molar-refractivity contribution in [1.82, 2.24) is 20.1 Å². The number of carbonyl (C=O) groups excluding carboxylic acids is 1. The quantitative estimate of drug-likeness (QED) is 0.893. The third-order valence-corrected chi connectivity index (χ3v) is 3.96. The van der Waals surface area contributed by atoms with E-state index in [-0.39, 0.29) is 30.7 Å². The van der Waals surface area contributed by atoms with Gasteiger partial charge >= 0.3 is 0 Å². The summed E-state index contributed by atoms with van der Waals surface area (Å²) in [6.07, 6.45) is 0. The van der Waals surface area contributed by atoms with Gasteiger partial charge in [0.05, 0.1) is 17.8 Å². The van der Waals surface area contributed by atoms with E-state index in [4.69, 9.17) is 0 Å². The van der Waals surface area contributed by atoms with Gasteiger partial charge in [0.1, 0.15) is 0 Å². The number of halogens is 2. The smallest absolute Gasteiger partial charge is 0.236 e. The number of hydrogen-bond acceptors (Lipinski definition) is 4. The van der Waals surface area contributed by atoms with Crippen molar-refractivity contribution in [3.8, 4) is 0 Å². The van der Waals surface area contributed by atoms with E-state index in [2.05, 4.69) is 22.4 Å². The Kier molecular flexibility index (Phi) is 8.42. The molecule has 0 spiro atoms. The van der Waals surface area contributed by atoms with Gasteiger partial charge in [-0.3, -0.25) is 14.7 Å². The minimum atomic E-state index is 0. The first kappa shape index (κ1) is 20.6. The first-order chi connectivity index (χ1) is 10.7. The number of likely N-dealkylation sites (N-methyl/N-ethyl adjacent to an activating group) is 1. The van der Waals surface area contributed by atoms with Crippen LogP contribution in [0.25, 0.3) is 10.9 Å². The van der Waals surface area contributed by atoms with Gasteiger partial charge in [0, 0.05) is 38.1 Å². The Labute approximate surface area is 155 Å². The number of nitrogens with one attached hydrogen (secondary N) is 1. The van der Waals surface area contributed by atoms with Crippen molar-refractivity contribution >= 4 is 41.6 Å². The lowest BCUT2D eigenvalue weighted by atomic mass is 10.2. The second-order valence-corrected chi connectivity index (χ2v) is 5.80. The molecular weight excluding hydrogens is 347 g/mol. The van der Waals surface area contributed by atoms with Crippen molar-refractivity contribution in [1.29, 1.82) is 0 Å². The average molecular weight is 371 g/mol. The Morgan fingerprint density at radius 2 is 1.88 bits per heavy atom. The van der Waals surface area contributed by atoms with E-state index in [1.165, 1.54) is 0 Å². The second-order valence-electron chi connectivity index (χ2n) is 5.80. The van der Waals surface area contributed by atoms with Crippen LogP contribution in [0.3, 0.4) is 0 Å². The van der Waals surface area contributed by atoms with Gasteiger partial charge in [-0.05, 0) is 19.2 Å². The lowest BCUT2D eigenvalue weighted by Crippen LogP contribution is -2.49. The topological polar surface area (TPSA) is 48.5 Å². The molecule has 0 saturated carbocycles. The summed E-state index contributed by atoms with van der Waals surface area (Å²) >= 11 is 0. The third-order valence-electron chi connectivity index (χ3n) is 3.96. The summed E-state index contributed by atoms with van der Waals surface area (Å²) in [6, 6.07) is 12.2. The predicted octanol–water partition coefficient (Wildman–Crippen LogP) is 1.94. The van der Waals surface area contributed by atoms with Crippen LogP contribution in [0, 0.1) is 0 Å². The molecule has 1 amide bonds. The number of pyridine rings is 1. The first-order valence-electron chi connectivity index (χ1n) is 7.74. The van der Waals surface area contributed by atoms with Gasteiger partial charge in [-0.15, -0.1) is 24.8 Å². The molecule has 2 aromatic rings. The maximum Gasteiger partial charge on any atom is 0.236 e. The molecule has 1 aromatic heterocycles. The lowest BCUT2D eigenvalue weighted by Gasteiger charge is -2.29. The average Bonchev–Trinajstić information content (AvgIpc) is 2.55. The normalized spacial score (nSPS) is 14.2. The van der Waals surface area contributed by atoms with E-state index in [0.717, 1.165) is 42.8 Å². The zero-order valence-corrected chi connectivity index (χ0v) is 15.4. The van der Waals surface area contributed by atoms with Crippen LogP contribution >= 0.6 is 24.8 Å². The highest BCUT2D eigenvalue weighted by Crippen LogP contribution is 2.12. The molecule has 0 bridgehead atoms. The maximum absolute atomic E-state index is 12.2. The molecule has 1 fully saturated rings. The predicted molar refractivity (Wildman–Crippen MR) is 102 cm³/mol. The van der Waals surface area contributed by atoms with Gasteiger partial charge in [-0.25, -0.2) is 0 Å². The number of fused-ring (bicyclic) bond motifs is 1. The molecule has 3 rings (SSSR count). The first-order valence-corrected chi connectivity index (χ1v) is 7.74. The van der Waals surface area contributed by atoms with E-state index >= 15 is 0 Å². The number of hydrogen-bond donors (Lipinski definition) is 1. The Balaban J connectivity index is 0.00000144. The molecule has 1 N–H and O–H groups in total. The summed E-state index contributed by atoms with van der Waals surface area (Å²) in [5, 5.41) is 4.41. The number of amides is 1. The minimum Gasteiger partial charge on any atom is -0.339 e. The number of para-hydroxylation sites is 1. The van der Waals surface area contributed by atoms with Gasteiger partial charge in [-0.1, -0.05) is 24.3 Å². The fourth-order valence-electron chi connectivity index (χ4n) is 2.77. The molecule has 1 aromatic carbocycles. The number of rotatable bonds is 4. The summed E-state index contributed by atoms with van der Waals surface area (Å²) in [6.45, 7) is 4.52. The molecule has 5 nitrogen and oxygen atoms in total. The lowest BCUT2D eigenvalue weighted by molar-refractivity contribution is -0.132. The summed E-state index contributed by atoms with van der Waals surface area (Å²) in [7, 11) is 1.97. The van der Waals surface area contributed by atoms with Crippen LogP contribution in [-0.2, 0) is 11.3 Å². The summed E-state index contributed by atoms with van der Waals surface area (Å²) in [5.74, 6) is 0.199. The Morgan fingerprint density at radius 3 is 2.62 bits per heavy atom. The highest BCUT2D eigenvalue weighted by atomic mass is 35.5. The van der Waals surface area contributed by atoms with Crippen molar-refractivity contribution < 1.29 is 4.79 Å². The second kappa shape index (κ2) is 9.79.